The molecule has 0 spiro atoms. The van der Waals surface area contributed by atoms with Crippen molar-refractivity contribution in [3.63, 3.8) is 0 Å². The minimum Gasteiger partial charge on any atom is -0.376 e. The smallest absolute Gasteiger partial charge is 0.111 e. The van der Waals surface area contributed by atoms with Crippen LogP contribution in [0.4, 0.5) is 0 Å². The topological polar surface area (TPSA) is 34.1 Å². The van der Waals surface area contributed by atoms with Gasteiger partial charge in [0.2, 0.25) is 0 Å². The maximum absolute atomic E-state index is 5.91. The van der Waals surface area contributed by atoms with Crippen molar-refractivity contribution in [1.29, 1.82) is 0 Å². The van der Waals surface area contributed by atoms with Gasteiger partial charge in [0.25, 0.3) is 0 Å². The van der Waals surface area contributed by atoms with E-state index in [9.17, 15) is 0 Å². The van der Waals surface area contributed by atoms with E-state index in [-0.39, 0.29) is 0 Å². The average molecular weight is 288 g/mol. The zero-order valence-electron chi connectivity index (χ0n) is 11.7. The number of para-hydroxylation sites is 1. The van der Waals surface area contributed by atoms with Gasteiger partial charge in [-0.1, -0.05) is 12.1 Å². The van der Waals surface area contributed by atoms with Crippen molar-refractivity contribution in [2.24, 2.45) is 5.92 Å². The van der Waals surface area contributed by atoms with Crippen molar-refractivity contribution >= 4 is 21.6 Å². The minimum atomic E-state index is 0.306. The predicted molar refractivity (Wildman–Crippen MR) is 82.0 cm³/mol. The molecule has 4 heteroatoms. The molecule has 1 aromatic carbocycles. The summed E-state index contributed by atoms with van der Waals surface area (Å²) in [6, 6.07) is 9.18. The lowest BCUT2D eigenvalue weighted by atomic mass is 10.1. The van der Waals surface area contributed by atoms with Crippen molar-refractivity contribution in [2.45, 2.75) is 44.4 Å². The fourth-order valence-electron chi connectivity index (χ4n) is 3.15. The molecule has 1 N–H and O–H groups in total. The van der Waals surface area contributed by atoms with Crippen LogP contribution in [0.3, 0.4) is 0 Å². The van der Waals surface area contributed by atoms with E-state index in [2.05, 4.69) is 36.5 Å². The fraction of sp³-hybridized carbons (Fsp3) is 0.562. The Hall–Kier alpha value is -0.970. The number of nitrogens with one attached hydrogen (secondary N) is 1. The van der Waals surface area contributed by atoms with Crippen LogP contribution in [0.15, 0.2) is 24.3 Å². The highest BCUT2D eigenvalue weighted by molar-refractivity contribution is 7.18. The van der Waals surface area contributed by atoms with Gasteiger partial charge in [0.05, 0.1) is 22.4 Å². The molecule has 0 amide bonds. The van der Waals surface area contributed by atoms with Gasteiger partial charge < -0.3 is 10.1 Å². The summed E-state index contributed by atoms with van der Waals surface area (Å²) in [5.74, 6) is 0.803. The van der Waals surface area contributed by atoms with E-state index in [1.54, 1.807) is 11.3 Å². The van der Waals surface area contributed by atoms with Crippen molar-refractivity contribution in [2.75, 3.05) is 6.61 Å². The molecule has 1 aliphatic heterocycles. The third-order valence-corrected chi connectivity index (χ3v) is 5.59. The molecule has 2 heterocycles. The molecule has 1 aliphatic carbocycles. The Kier molecular flexibility index (Phi) is 3.25. The van der Waals surface area contributed by atoms with Gasteiger partial charge in [-0.3, -0.25) is 0 Å². The Balaban J connectivity index is 1.50. The maximum atomic E-state index is 5.91. The Morgan fingerprint density at radius 1 is 1.30 bits per heavy atom. The molecule has 0 bridgehead atoms. The summed E-state index contributed by atoms with van der Waals surface area (Å²) < 4.78 is 7.18. The maximum Gasteiger partial charge on any atom is 0.111 e. The second kappa shape index (κ2) is 5.10. The third-order valence-electron chi connectivity index (χ3n) is 4.37. The zero-order valence-corrected chi connectivity index (χ0v) is 12.5. The molecule has 2 fully saturated rings. The summed E-state index contributed by atoms with van der Waals surface area (Å²) in [5.41, 5.74) is 1.11. The highest BCUT2D eigenvalue weighted by atomic mass is 32.1. The highest BCUT2D eigenvalue weighted by Gasteiger charge is 2.41. The number of aromatic nitrogens is 1. The van der Waals surface area contributed by atoms with Gasteiger partial charge in [-0.05, 0) is 44.2 Å². The van der Waals surface area contributed by atoms with Crippen LogP contribution in [-0.2, 0) is 4.74 Å². The third kappa shape index (κ3) is 2.36. The molecule has 4 rings (SSSR count). The number of rotatable bonds is 4. The molecule has 20 heavy (non-hydrogen) atoms. The number of hydrogen-bond acceptors (Lipinski definition) is 4. The van der Waals surface area contributed by atoms with Crippen LogP contribution in [0.2, 0.25) is 0 Å². The van der Waals surface area contributed by atoms with E-state index in [1.165, 1.54) is 22.5 Å². The summed E-state index contributed by atoms with van der Waals surface area (Å²) in [5, 5.41) is 4.94. The summed E-state index contributed by atoms with van der Waals surface area (Å²) >= 11 is 1.80. The first-order valence-electron chi connectivity index (χ1n) is 7.54. The van der Waals surface area contributed by atoms with Crippen LogP contribution >= 0.6 is 11.3 Å². The fourth-order valence-corrected chi connectivity index (χ4v) is 4.13. The largest absolute Gasteiger partial charge is 0.376 e. The first kappa shape index (κ1) is 12.7. The predicted octanol–water partition coefficient (Wildman–Crippen LogP) is 3.51. The number of benzene rings is 1. The molecule has 1 saturated heterocycles. The summed E-state index contributed by atoms with van der Waals surface area (Å²) in [6.45, 7) is 3.13. The molecule has 0 radical (unpaired) electrons. The van der Waals surface area contributed by atoms with Gasteiger partial charge in [0, 0.05) is 12.6 Å². The molecule has 1 saturated carbocycles. The van der Waals surface area contributed by atoms with Gasteiger partial charge in [0.15, 0.2) is 0 Å². The zero-order chi connectivity index (χ0) is 13.5. The number of thiazole rings is 1. The SMILES string of the molecule is CC(NC1CCOC1C1CC1)c1nc2ccccc2s1. The standard InChI is InChI=1S/C16H20N2OS/c1-10(16-18-12-4-2-3-5-14(12)20-16)17-13-8-9-19-15(13)11-6-7-11/h2-5,10-11,13,15,17H,6-9H2,1H3. The Morgan fingerprint density at radius 2 is 2.15 bits per heavy atom. The molecular formula is C16H20N2OS. The molecule has 1 aromatic heterocycles. The van der Waals surface area contributed by atoms with Crippen molar-refractivity contribution < 1.29 is 4.74 Å². The number of fused-ring (bicyclic) bond motifs is 1. The van der Waals surface area contributed by atoms with Gasteiger partial charge in [-0.2, -0.15) is 0 Å². The molecule has 3 nitrogen and oxygen atoms in total. The second-order valence-corrected chi connectivity index (χ2v) is 7.04. The average Bonchev–Trinajstić information content (AvgIpc) is 3.04. The van der Waals surface area contributed by atoms with Gasteiger partial charge in [0.1, 0.15) is 5.01 Å². The van der Waals surface area contributed by atoms with Crippen LogP contribution in [0.25, 0.3) is 10.2 Å². The lowest BCUT2D eigenvalue weighted by Gasteiger charge is -2.22. The Bertz CT molecular complexity index is 574. The summed E-state index contributed by atoms with van der Waals surface area (Å²) in [4.78, 5) is 4.76. The number of hydrogen-bond donors (Lipinski definition) is 1. The van der Waals surface area contributed by atoms with E-state index < -0.39 is 0 Å². The van der Waals surface area contributed by atoms with Gasteiger partial charge >= 0.3 is 0 Å². The van der Waals surface area contributed by atoms with Gasteiger partial charge in [-0.25, -0.2) is 4.98 Å². The molecule has 2 aromatic rings. The van der Waals surface area contributed by atoms with Crippen LogP contribution in [0.1, 0.15) is 37.2 Å². The van der Waals surface area contributed by atoms with Crippen LogP contribution in [0, 0.1) is 5.92 Å². The van der Waals surface area contributed by atoms with E-state index in [0.717, 1.165) is 24.5 Å². The monoisotopic (exact) mass is 288 g/mol. The highest BCUT2D eigenvalue weighted by Crippen LogP contribution is 2.39. The Labute approximate surface area is 123 Å². The van der Waals surface area contributed by atoms with Crippen LogP contribution in [0.5, 0.6) is 0 Å². The van der Waals surface area contributed by atoms with E-state index >= 15 is 0 Å². The molecular weight excluding hydrogens is 268 g/mol. The molecule has 2 aliphatic rings. The van der Waals surface area contributed by atoms with Crippen LogP contribution < -0.4 is 5.32 Å². The van der Waals surface area contributed by atoms with E-state index in [1.807, 2.05) is 0 Å². The molecule has 3 unspecified atom stereocenters. The normalized spacial score (nSPS) is 28.1. The lowest BCUT2D eigenvalue weighted by molar-refractivity contribution is 0.0793. The summed E-state index contributed by atoms with van der Waals surface area (Å²) in [7, 11) is 0. The lowest BCUT2D eigenvalue weighted by Crippen LogP contribution is -2.39. The van der Waals surface area contributed by atoms with E-state index in [4.69, 9.17) is 9.72 Å². The van der Waals surface area contributed by atoms with Crippen molar-refractivity contribution in [1.82, 2.24) is 10.3 Å². The molecule has 106 valence electrons. The second-order valence-electron chi connectivity index (χ2n) is 5.98. The number of ether oxygens (including phenoxy) is 1. The van der Waals surface area contributed by atoms with Crippen LogP contribution in [-0.4, -0.2) is 23.7 Å². The summed E-state index contributed by atoms with van der Waals surface area (Å²) in [6.07, 6.45) is 4.26. The van der Waals surface area contributed by atoms with Crippen molar-refractivity contribution in [3.8, 4) is 0 Å². The first-order chi connectivity index (χ1) is 9.81. The van der Waals surface area contributed by atoms with E-state index in [0.29, 0.717) is 18.2 Å². The Morgan fingerprint density at radius 3 is 2.95 bits per heavy atom. The van der Waals surface area contributed by atoms with Gasteiger partial charge in [-0.15, -0.1) is 11.3 Å². The molecule has 3 atom stereocenters. The first-order valence-corrected chi connectivity index (χ1v) is 8.36. The quantitative estimate of drug-likeness (QED) is 0.934. The number of nitrogens with zero attached hydrogens (tertiary/aromatic N) is 1. The minimum absolute atomic E-state index is 0.306. The van der Waals surface area contributed by atoms with Crippen molar-refractivity contribution in [3.05, 3.63) is 29.3 Å².